The number of furan rings is 1. The molecule has 0 N–H and O–H groups in total. The van der Waals surface area contributed by atoms with Crippen LogP contribution in [0.2, 0.25) is 0 Å². The lowest BCUT2D eigenvalue weighted by Gasteiger charge is -2.26. The highest BCUT2D eigenvalue weighted by Crippen LogP contribution is 2.47. The van der Waals surface area contributed by atoms with E-state index in [1.165, 1.54) is 21.7 Å². The summed E-state index contributed by atoms with van der Waals surface area (Å²) < 4.78 is 8.94. The lowest BCUT2D eigenvalue weighted by Crippen LogP contribution is -2.15. The minimum absolute atomic E-state index is 0.594. The Balaban J connectivity index is 0.996. The summed E-state index contributed by atoms with van der Waals surface area (Å²) in [5, 5.41) is 8.00. The van der Waals surface area contributed by atoms with Gasteiger partial charge in [0.15, 0.2) is 0 Å². The van der Waals surface area contributed by atoms with Gasteiger partial charge in [0, 0.05) is 49.3 Å². The molecule has 1 aliphatic heterocycles. The van der Waals surface area contributed by atoms with Gasteiger partial charge < -0.3 is 8.98 Å². The zero-order valence-electron chi connectivity index (χ0n) is 36.1. The number of hydrogen-bond donors (Lipinski definition) is 0. The predicted octanol–water partition coefficient (Wildman–Crippen LogP) is 16.7. The average molecular weight is 855 g/mol. The van der Waals surface area contributed by atoms with Crippen molar-refractivity contribution in [3.63, 3.8) is 0 Å². The molecular weight excluding hydrogens is 817 g/mol. The van der Waals surface area contributed by atoms with Crippen molar-refractivity contribution < 1.29 is 4.42 Å². The summed E-state index contributed by atoms with van der Waals surface area (Å²) in [6.07, 6.45) is 4.49. The van der Waals surface area contributed by atoms with Crippen molar-refractivity contribution in [1.82, 2.24) is 14.5 Å². The van der Waals surface area contributed by atoms with Crippen LogP contribution in [0.15, 0.2) is 223 Å². The highest BCUT2D eigenvalue weighted by Gasteiger charge is 2.27. The molecular formula is C62H38N4O. The molecule has 0 fully saturated rings. The number of nitrogens with zero attached hydrogens (tertiary/aromatic N) is 4. The van der Waals surface area contributed by atoms with E-state index in [1.54, 1.807) is 0 Å². The summed E-state index contributed by atoms with van der Waals surface area (Å²) in [6.45, 7) is 0. The third-order valence-electron chi connectivity index (χ3n) is 13.6. The molecule has 67 heavy (non-hydrogen) atoms. The summed E-state index contributed by atoms with van der Waals surface area (Å²) in [4.78, 5) is 13.3. The minimum Gasteiger partial charge on any atom is -0.455 e. The molecule has 14 rings (SSSR count). The third kappa shape index (κ3) is 5.88. The van der Waals surface area contributed by atoms with Crippen molar-refractivity contribution in [2.75, 3.05) is 4.90 Å². The number of para-hydroxylation sites is 5. The number of benzene rings is 10. The van der Waals surface area contributed by atoms with Crippen LogP contribution in [0.1, 0.15) is 11.1 Å². The van der Waals surface area contributed by atoms with E-state index < -0.39 is 0 Å². The fraction of sp³-hybridized carbons (Fsp3) is 0. The van der Waals surface area contributed by atoms with Crippen LogP contribution in [0.3, 0.4) is 0 Å². The number of hydrogen-bond acceptors (Lipinski definition) is 4. The Labute approximate surface area is 385 Å². The first-order valence-corrected chi connectivity index (χ1v) is 22.7. The van der Waals surface area contributed by atoms with E-state index in [0.717, 1.165) is 105 Å². The van der Waals surface area contributed by atoms with Crippen LogP contribution in [-0.4, -0.2) is 14.5 Å². The second-order valence-electron chi connectivity index (χ2n) is 17.3. The molecule has 0 spiro atoms. The standard InChI is InChI=1S/C62H38N4O/c1-2-16-45(17-3-1)65-56-26-10-7-19-49(56)53-38-57-44(37-58(53)65)33-32-43-36-42(48-23-13-24-51-50-20-8-11-27-59(50)67-61(48)51)34-35-55(43)66(57)62-63-54-25-9-6-21-52(54)60(64-62)41-30-28-40(29-31-41)47-22-12-15-39-14-4-5-18-46(39)47/h1-38H. The number of aromatic nitrogens is 3. The molecule has 5 nitrogen and oxygen atoms in total. The average Bonchev–Trinajstić information content (AvgIpc) is 3.88. The molecule has 10 aromatic carbocycles. The fourth-order valence-electron chi connectivity index (χ4n) is 10.4. The van der Waals surface area contributed by atoms with Crippen LogP contribution in [0.4, 0.5) is 17.3 Å². The van der Waals surface area contributed by atoms with Crippen molar-refractivity contribution in [2.24, 2.45) is 0 Å². The van der Waals surface area contributed by atoms with Gasteiger partial charge in [-0.3, -0.25) is 4.90 Å². The lowest BCUT2D eigenvalue weighted by atomic mass is 9.96. The van der Waals surface area contributed by atoms with Crippen molar-refractivity contribution in [3.8, 4) is 39.2 Å². The van der Waals surface area contributed by atoms with E-state index in [9.17, 15) is 0 Å². The van der Waals surface area contributed by atoms with Crippen molar-refractivity contribution in [2.45, 2.75) is 0 Å². The Morgan fingerprint density at radius 2 is 1.04 bits per heavy atom. The third-order valence-corrected chi connectivity index (χ3v) is 13.6. The smallest absolute Gasteiger partial charge is 0.235 e. The van der Waals surface area contributed by atoms with Crippen molar-refractivity contribution >= 4 is 94.9 Å². The van der Waals surface area contributed by atoms with Gasteiger partial charge in [0.1, 0.15) is 11.2 Å². The van der Waals surface area contributed by atoms with E-state index in [0.29, 0.717) is 5.95 Å². The first-order chi connectivity index (χ1) is 33.2. The highest BCUT2D eigenvalue weighted by atomic mass is 16.3. The van der Waals surface area contributed by atoms with Crippen LogP contribution >= 0.6 is 0 Å². The summed E-state index contributed by atoms with van der Waals surface area (Å²) in [5.41, 5.74) is 16.5. The maximum absolute atomic E-state index is 6.56. The SMILES string of the molecule is C1=Cc2cc3c(cc2N(c2nc(-c4ccc(-c5cccc6ccccc56)cc4)c4ccccc4n2)c2ccc(-c4cccc5c4oc4ccccc45)cc21)c1ccccc1n3-c1ccccc1. The number of anilines is 3. The Kier molecular flexibility index (Phi) is 8.21. The van der Waals surface area contributed by atoms with Crippen LogP contribution in [0, 0.1) is 0 Å². The van der Waals surface area contributed by atoms with Crippen LogP contribution < -0.4 is 4.90 Å². The molecule has 0 aliphatic carbocycles. The van der Waals surface area contributed by atoms with Crippen LogP contribution in [0.25, 0.3) is 117 Å². The maximum Gasteiger partial charge on any atom is 0.235 e. The van der Waals surface area contributed by atoms with E-state index in [-0.39, 0.29) is 0 Å². The Bertz CT molecular complexity index is 4160. The number of rotatable bonds is 5. The molecule has 0 saturated carbocycles. The number of fused-ring (bicyclic) bond motifs is 10. The van der Waals surface area contributed by atoms with Gasteiger partial charge >= 0.3 is 0 Å². The first-order valence-electron chi connectivity index (χ1n) is 22.7. The van der Waals surface area contributed by atoms with E-state index in [1.807, 2.05) is 12.1 Å². The minimum atomic E-state index is 0.594. The van der Waals surface area contributed by atoms with Gasteiger partial charge in [-0.2, -0.15) is 0 Å². The summed E-state index contributed by atoms with van der Waals surface area (Å²) in [6, 6.07) is 77.7. The molecule has 1 aliphatic rings. The topological polar surface area (TPSA) is 47.1 Å². The fourth-order valence-corrected chi connectivity index (χ4v) is 10.4. The molecule has 0 atom stereocenters. The normalized spacial score (nSPS) is 12.4. The van der Waals surface area contributed by atoms with Gasteiger partial charge in [-0.15, -0.1) is 0 Å². The molecule has 312 valence electrons. The van der Waals surface area contributed by atoms with Gasteiger partial charge in [-0.1, -0.05) is 176 Å². The Morgan fingerprint density at radius 3 is 1.93 bits per heavy atom. The Hall–Kier alpha value is -9.06. The van der Waals surface area contributed by atoms with Gasteiger partial charge in [-0.05, 0) is 87.6 Å². The predicted molar refractivity (Wildman–Crippen MR) is 279 cm³/mol. The second kappa shape index (κ2) is 14.7. The van der Waals surface area contributed by atoms with E-state index in [4.69, 9.17) is 14.4 Å². The van der Waals surface area contributed by atoms with Crippen molar-refractivity contribution in [1.29, 1.82) is 0 Å². The largest absolute Gasteiger partial charge is 0.455 e. The molecule has 0 saturated heterocycles. The summed E-state index contributed by atoms with van der Waals surface area (Å²) >= 11 is 0. The van der Waals surface area contributed by atoms with Gasteiger partial charge in [0.25, 0.3) is 0 Å². The quantitative estimate of drug-likeness (QED) is 0.173. The van der Waals surface area contributed by atoms with E-state index >= 15 is 0 Å². The molecule has 0 radical (unpaired) electrons. The zero-order valence-corrected chi connectivity index (χ0v) is 36.1. The maximum atomic E-state index is 6.56. The zero-order chi connectivity index (χ0) is 44.0. The summed E-state index contributed by atoms with van der Waals surface area (Å²) in [5.74, 6) is 0.594. The van der Waals surface area contributed by atoms with Crippen molar-refractivity contribution in [3.05, 3.63) is 230 Å². The molecule has 5 heteroatoms. The highest BCUT2D eigenvalue weighted by molar-refractivity contribution is 6.13. The molecule has 13 aromatic rings. The lowest BCUT2D eigenvalue weighted by molar-refractivity contribution is 0.670. The van der Waals surface area contributed by atoms with Gasteiger partial charge in [0.05, 0.1) is 33.6 Å². The molecule has 0 amide bonds. The van der Waals surface area contributed by atoms with Crippen LogP contribution in [-0.2, 0) is 0 Å². The second-order valence-corrected chi connectivity index (χ2v) is 17.3. The summed E-state index contributed by atoms with van der Waals surface area (Å²) in [7, 11) is 0. The monoisotopic (exact) mass is 854 g/mol. The molecule has 0 unspecified atom stereocenters. The van der Waals surface area contributed by atoms with Gasteiger partial charge in [-0.25, -0.2) is 9.97 Å². The van der Waals surface area contributed by atoms with Gasteiger partial charge in [0.2, 0.25) is 5.95 Å². The molecule has 0 bridgehead atoms. The molecule has 4 heterocycles. The van der Waals surface area contributed by atoms with E-state index in [2.05, 4.69) is 228 Å². The first kappa shape index (κ1) is 37.3. The van der Waals surface area contributed by atoms with Crippen LogP contribution in [0.5, 0.6) is 0 Å². The Morgan fingerprint density at radius 1 is 0.388 bits per heavy atom. The molecule has 3 aromatic heterocycles.